The van der Waals surface area contributed by atoms with E-state index in [0.29, 0.717) is 0 Å². The van der Waals surface area contributed by atoms with Crippen LogP contribution in [0, 0.1) is 6.92 Å². The standard InChI is InChI=1S/C2H5.11Y/c1-2;;;;;;;;;;;/h1H2,2H3;;;;;;;;;;;/q-1;;;;;;;;;;;. The van der Waals surface area contributed by atoms with Crippen molar-refractivity contribution >= 4 is 0 Å². The third-order valence-corrected chi connectivity index (χ3v) is 0. The maximum absolute atomic E-state index is 3.25. The minimum Gasteiger partial charge on any atom is -0.346 e. The van der Waals surface area contributed by atoms with Gasteiger partial charge in [-0.05, 0) is 0 Å². The van der Waals surface area contributed by atoms with E-state index < -0.39 is 0 Å². The molecule has 0 aliphatic heterocycles. The molecule has 0 aromatic heterocycles. The van der Waals surface area contributed by atoms with E-state index in [4.69, 9.17) is 0 Å². The van der Waals surface area contributed by atoms with E-state index in [9.17, 15) is 0 Å². The van der Waals surface area contributed by atoms with Gasteiger partial charge in [0.25, 0.3) is 0 Å². The molecule has 0 unspecified atom stereocenters. The molecule has 0 bridgehead atoms. The molecular weight excluding hydrogens is 1000 g/mol. The van der Waals surface area contributed by atoms with Crippen LogP contribution in [-0.4, -0.2) is 0 Å². The Bertz CT molecular complexity index is 8.05. The Labute approximate surface area is 360 Å². The normalized spacial score (nSPS) is 0.462. The zero-order valence-corrected chi connectivity index (χ0v) is 39.3. The van der Waals surface area contributed by atoms with Gasteiger partial charge in [0, 0.05) is 360 Å². The van der Waals surface area contributed by atoms with Crippen molar-refractivity contribution in [2.75, 3.05) is 0 Å². The predicted octanol–water partition coefficient (Wildman–Crippen LogP) is 0.813. The van der Waals surface area contributed by atoms with E-state index in [0.717, 1.165) is 0 Å². The van der Waals surface area contributed by atoms with Gasteiger partial charge in [0.05, 0.1) is 0 Å². The van der Waals surface area contributed by atoms with Crippen molar-refractivity contribution in [3.63, 3.8) is 0 Å². The molecule has 0 heterocycles. The first kappa shape index (κ1) is 84.8. The molecule has 11 heteroatoms. The maximum atomic E-state index is 3.25. The summed E-state index contributed by atoms with van der Waals surface area (Å²) in [6.45, 7) is 5.00. The number of hydrogen-bond donors (Lipinski definition) is 0. The van der Waals surface area contributed by atoms with E-state index in [1.807, 2.05) is 0 Å². The molecule has 0 aliphatic rings. The summed E-state index contributed by atoms with van der Waals surface area (Å²) in [7, 11) is 0. The van der Waals surface area contributed by atoms with E-state index in [1.54, 1.807) is 6.92 Å². The van der Waals surface area contributed by atoms with Crippen LogP contribution in [0.15, 0.2) is 0 Å². The van der Waals surface area contributed by atoms with Crippen molar-refractivity contribution in [2.45, 2.75) is 6.92 Å². The van der Waals surface area contributed by atoms with Crippen LogP contribution in [0.3, 0.4) is 0 Å². The van der Waals surface area contributed by atoms with Crippen LogP contribution in [0.4, 0.5) is 0 Å². The Kier molecular flexibility index (Phi) is 572. The van der Waals surface area contributed by atoms with Crippen LogP contribution in [0.5, 0.6) is 0 Å². The molecule has 0 nitrogen and oxygen atoms in total. The van der Waals surface area contributed by atoms with Crippen molar-refractivity contribution in [3.8, 4) is 0 Å². The largest absolute Gasteiger partial charge is 0.346 e. The summed E-state index contributed by atoms with van der Waals surface area (Å²) < 4.78 is 0. The van der Waals surface area contributed by atoms with Crippen molar-refractivity contribution in [1.29, 1.82) is 0 Å². The third-order valence-electron chi connectivity index (χ3n) is 0. The Morgan fingerprint density at radius 3 is 0.308 bits per heavy atom. The van der Waals surface area contributed by atoms with Crippen LogP contribution in [-0.2, 0) is 360 Å². The molecule has 0 saturated heterocycles. The summed E-state index contributed by atoms with van der Waals surface area (Å²) in [4.78, 5) is 0. The second-order valence-electron chi connectivity index (χ2n) is 0. The first-order chi connectivity index (χ1) is 1.00. The van der Waals surface area contributed by atoms with Crippen LogP contribution < -0.4 is 0 Å². The molecule has 0 aromatic rings. The van der Waals surface area contributed by atoms with Gasteiger partial charge in [-0.3, -0.25) is 0 Å². The topological polar surface area (TPSA) is 0 Å². The fourth-order valence-electron chi connectivity index (χ4n) is 0. The average molecular weight is 1010 g/mol. The van der Waals surface area contributed by atoms with Gasteiger partial charge >= 0.3 is 0 Å². The van der Waals surface area contributed by atoms with E-state index in [1.165, 1.54) is 0 Å². The molecule has 0 aliphatic carbocycles. The average Bonchev–Trinajstić information content (AvgIpc) is 1.00. The molecular formula is C2H5Y11-. The summed E-state index contributed by atoms with van der Waals surface area (Å²) in [6.07, 6.45) is 0. The summed E-state index contributed by atoms with van der Waals surface area (Å²) in [6, 6.07) is 0. The fraction of sp³-hybridized carbons (Fsp3) is 0.500. The molecule has 0 fully saturated rings. The number of rotatable bonds is 0. The monoisotopic (exact) mass is 1010 g/mol. The van der Waals surface area contributed by atoms with Gasteiger partial charge in [0.1, 0.15) is 0 Å². The molecule has 0 spiro atoms. The molecule has 13 heavy (non-hydrogen) atoms. The molecule has 0 N–H and O–H groups in total. The van der Waals surface area contributed by atoms with Crippen LogP contribution in [0.2, 0.25) is 0 Å². The predicted molar refractivity (Wildman–Crippen MR) is 11.0 cm³/mol. The molecule has 0 rings (SSSR count). The van der Waals surface area contributed by atoms with Gasteiger partial charge in [-0.15, -0.1) is 0 Å². The number of hydrogen-bond acceptors (Lipinski definition) is 0. The van der Waals surface area contributed by atoms with Gasteiger partial charge in [-0.1, -0.05) is 0 Å². The van der Waals surface area contributed by atoms with E-state index in [2.05, 4.69) is 6.92 Å². The quantitative estimate of drug-likeness (QED) is 0.316. The van der Waals surface area contributed by atoms with Gasteiger partial charge in [0.2, 0.25) is 0 Å². The van der Waals surface area contributed by atoms with Crippen molar-refractivity contribution < 1.29 is 360 Å². The molecule has 0 atom stereocenters. The van der Waals surface area contributed by atoms with Crippen LogP contribution in [0.1, 0.15) is 6.92 Å². The third kappa shape index (κ3) is 80.3. The molecule has 0 saturated carbocycles. The smallest absolute Gasteiger partial charge is 0 e. The zero-order valence-electron chi connectivity index (χ0n) is 8.06. The first-order valence-corrected chi connectivity index (χ1v) is 0.707. The van der Waals surface area contributed by atoms with Gasteiger partial charge in [-0.2, -0.15) is 6.92 Å². The van der Waals surface area contributed by atoms with Crippen LogP contribution >= 0.6 is 0 Å². The molecule has 11 radical (unpaired) electrons. The molecule has 0 aromatic carbocycles. The second-order valence-corrected chi connectivity index (χ2v) is 0. The van der Waals surface area contributed by atoms with Crippen molar-refractivity contribution in [1.82, 2.24) is 0 Å². The minimum atomic E-state index is 0. The fourth-order valence-corrected chi connectivity index (χ4v) is 0. The van der Waals surface area contributed by atoms with Crippen molar-refractivity contribution in [3.05, 3.63) is 6.92 Å². The summed E-state index contributed by atoms with van der Waals surface area (Å²) in [5.74, 6) is 0. The molecule has 0 amide bonds. The Morgan fingerprint density at radius 2 is 0.308 bits per heavy atom. The van der Waals surface area contributed by atoms with Gasteiger partial charge in [-0.25, -0.2) is 0 Å². The first-order valence-electron chi connectivity index (χ1n) is 0.707. The Hall–Kier alpha value is 12.1. The summed E-state index contributed by atoms with van der Waals surface area (Å²) in [5, 5.41) is 0. The summed E-state index contributed by atoms with van der Waals surface area (Å²) in [5.41, 5.74) is 0. The molecule has 47 valence electrons. The SMILES string of the molecule is [CH2-]C.[Y].[Y].[Y].[Y].[Y].[Y].[Y].[Y].[Y].[Y].[Y]. The van der Waals surface area contributed by atoms with Crippen molar-refractivity contribution in [2.24, 2.45) is 0 Å². The summed E-state index contributed by atoms with van der Waals surface area (Å²) >= 11 is 0. The van der Waals surface area contributed by atoms with E-state index in [-0.39, 0.29) is 360 Å². The van der Waals surface area contributed by atoms with Gasteiger partial charge < -0.3 is 6.92 Å². The second kappa shape index (κ2) is 87.7. The Balaban J connectivity index is -0.0000000000909. The Morgan fingerprint density at radius 1 is 0.308 bits per heavy atom. The maximum Gasteiger partial charge on any atom is 0 e. The zero-order chi connectivity index (χ0) is 2.00. The minimum absolute atomic E-state index is 0. The van der Waals surface area contributed by atoms with E-state index >= 15 is 0 Å². The van der Waals surface area contributed by atoms with Gasteiger partial charge in [0.15, 0.2) is 0 Å². The van der Waals surface area contributed by atoms with Crippen LogP contribution in [0.25, 0.3) is 0 Å².